The van der Waals surface area contributed by atoms with Crippen LogP contribution in [0.1, 0.15) is 19.8 Å². The van der Waals surface area contributed by atoms with Crippen LogP contribution in [0.15, 0.2) is 58.5 Å². The highest BCUT2D eigenvalue weighted by Gasteiger charge is 2.29. The molecule has 0 saturated heterocycles. The summed E-state index contributed by atoms with van der Waals surface area (Å²) in [7, 11) is 0. The summed E-state index contributed by atoms with van der Waals surface area (Å²) in [6.07, 6.45) is 2.35. The van der Waals surface area contributed by atoms with Crippen LogP contribution in [-0.4, -0.2) is 27.3 Å². The molecule has 7 heteroatoms. The van der Waals surface area contributed by atoms with E-state index in [1.54, 1.807) is 24.3 Å². The van der Waals surface area contributed by atoms with Gasteiger partial charge in [0.2, 0.25) is 5.91 Å². The second-order valence-electron chi connectivity index (χ2n) is 6.99. The monoisotopic (exact) mass is 413 g/mol. The summed E-state index contributed by atoms with van der Waals surface area (Å²) in [4.78, 5) is 30.2. The molecule has 0 unspecified atom stereocenters. The standard InChI is InChI=1S/C21H20ClN3O2S/c1-13(14-10-11-14)23-19(26)12-28-21-24-17-8-4-2-6-15(17)20(27)25(21)18-9-5-3-7-16(18)22/h2-9,13-14H,10-12H2,1H3,(H,23,26)/t13-/m0/s1. The van der Waals surface area contributed by atoms with Gasteiger partial charge in [0, 0.05) is 6.04 Å². The summed E-state index contributed by atoms with van der Waals surface area (Å²) in [6.45, 7) is 2.04. The quantitative estimate of drug-likeness (QED) is 0.489. The van der Waals surface area contributed by atoms with Crippen LogP contribution in [0, 0.1) is 5.92 Å². The van der Waals surface area contributed by atoms with Crippen molar-refractivity contribution in [3.8, 4) is 5.69 Å². The van der Waals surface area contributed by atoms with Crippen LogP contribution in [0.2, 0.25) is 5.02 Å². The molecule has 28 heavy (non-hydrogen) atoms. The van der Waals surface area contributed by atoms with E-state index in [0.29, 0.717) is 32.7 Å². The van der Waals surface area contributed by atoms with Gasteiger partial charge >= 0.3 is 0 Å². The van der Waals surface area contributed by atoms with Gasteiger partial charge in [-0.15, -0.1) is 0 Å². The highest BCUT2D eigenvalue weighted by molar-refractivity contribution is 7.99. The summed E-state index contributed by atoms with van der Waals surface area (Å²) in [5.41, 5.74) is 0.958. The molecule has 144 valence electrons. The zero-order valence-electron chi connectivity index (χ0n) is 15.4. The van der Waals surface area contributed by atoms with E-state index in [2.05, 4.69) is 10.3 Å². The van der Waals surface area contributed by atoms with Crippen molar-refractivity contribution < 1.29 is 4.79 Å². The van der Waals surface area contributed by atoms with Gasteiger partial charge in [-0.2, -0.15) is 0 Å². The Morgan fingerprint density at radius 2 is 1.96 bits per heavy atom. The molecule has 1 aromatic heterocycles. The van der Waals surface area contributed by atoms with E-state index >= 15 is 0 Å². The summed E-state index contributed by atoms with van der Waals surface area (Å²) in [6, 6.07) is 14.5. The molecule has 1 N–H and O–H groups in total. The molecule has 2 aromatic carbocycles. The zero-order chi connectivity index (χ0) is 19.7. The van der Waals surface area contributed by atoms with Gasteiger partial charge in [0.1, 0.15) is 0 Å². The van der Waals surface area contributed by atoms with Gasteiger partial charge in [0.05, 0.1) is 27.4 Å². The third kappa shape index (κ3) is 3.93. The number of hydrogen-bond donors (Lipinski definition) is 1. The molecule has 5 nitrogen and oxygen atoms in total. The summed E-state index contributed by atoms with van der Waals surface area (Å²) < 4.78 is 1.49. The summed E-state index contributed by atoms with van der Waals surface area (Å²) in [5, 5.41) is 4.45. The van der Waals surface area contributed by atoms with Gasteiger partial charge in [-0.1, -0.05) is 47.6 Å². The van der Waals surface area contributed by atoms with Crippen LogP contribution >= 0.6 is 23.4 Å². The lowest BCUT2D eigenvalue weighted by Gasteiger charge is -2.15. The average molecular weight is 414 g/mol. The summed E-state index contributed by atoms with van der Waals surface area (Å²) in [5.74, 6) is 0.721. The lowest BCUT2D eigenvalue weighted by molar-refractivity contribution is -0.119. The molecule has 0 spiro atoms. The third-order valence-corrected chi connectivity index (χ3v) is 6.15. The van der Waals surface area contributed by atoms with Crippen molar-refractivity contribution in [1.29, 1.82) is 0 Å². The van der Waals surface area contributed by atoms with Crippen molar-refractivity contribution in [3.05, 3.63) is 63.9 Å². The van der Waals surface area contributed by atoms with Crippen LogP contribution < -0.4 is 10.9 Å². The molecule has 1 saturated carbocycles. The van der Waals surface area contributed by atoms with Gasteiger partial charge < -0.3 is 5.32 Å². The number of aromatic nitrogens is 2. The Hall–Kier alpha value is -2.31. The van der Waals surface area contributed by atoms with E-state index in [1.165, 1.54) is 29.2 Å². The molecule has 1 atom stereocenters. The number of carbonyl (C=O) groups is 1. The van der Waals surface area contributed by atoms with Crippen molar-refractivity contribution in [1.82, 2.24) is 14.9 Å². The number of fused-ring (bicyclic) bond motifs is 1. The first-order chi connectivity index (χ1) is 13.5. The van der Waals surface area contributed by atoms with E-state index in [1.807, 2.05) is 31.2 Å². The van der Waals surface area contributed by atoms with Crippen molar-refractivity contribution in [3.63, 3.8) is 0 Å². The predicted molar refractivity (Wildman–Crippen MR) is 113 cm³/mol. The molecule has 1 aliphatic rings. The normalized spacial score (nSPS) is 14.8. The van der Waals surface area contributed by atoms with Crippen molar-refractivity contribution in [2.75, 3.05) is 5.75 Å². The van der Waals surface area contributed by atoms with Gasteiger partial charge in [-0.25, -0.2) is 4.98 Å². The Kier molecular flexibility index (Phi) is 5.42. The van der Waals surface area contributed by atoms with Crippen LogP contribution in [0.5, 0.6) is 0 Å². The fraction of sp³-hybridized carbons (Fsp3) is 0.286. The Morgan fingerprint density at radius 3 is 2.71 bits per heavy atom. The Morgan fingerprint density at radius 1 is 1.25 bits per heavy atom. The van der Waals surface area contributed by atoms with Gasteiger partial charge in [-0.05, 0) is 49.9 Å². The zero-order valence-corrected chi connectivity index (χ0v) is 17.0. The van der Waals surface area contributed by atoms with Crippen LogP contribution in [0.4, 0.5) is 0 Å². The lowest BCUT2D eigenvalue weighted by Crippen LogP contribution is -2.35. The minimum Gasteiger partial charge on any atom is -0.353 e. The molecule has 1 heterocycles. The predicted octanol–water partition coefficient (Wildman–Crippen LogP) is 4.05. The maximum absolute atomic E-state index is 13.2. The number of halogens is 1. The molecule has 1 amide bonds. The topological polar surface area (TPSA) is 64.0 Å². The van der Waals surface area contributed by atoms with E-state index in [-0.39, 0.29) is 23.3 Å². The first kappa shape index (κ1) is 19.0. The van der Waals surface area contributed by atoms with Crippen LogP contribution in [0.25, 0.3) is 16.6 Å². The molecule has 4 rings (SSSR count). The number of hydrogen-bond acceptors (Lipinski definition) is 4. The molecule has 1 aliphatic carbocycles. The Balaban J connectivity index is 1.70. The molecular weight excluding hydrogens is 394 g/mol. The largest absolute Gasteiger partial charge is 0.353 e. The number of amides is 1. The maximum atomic E-state index is 13.2. The Labute approximate surface area is 172 Å². The van der Waals surface area contributed by atoms with Gasteiger partial charge in [0.25, 0.3) is 5.56 Å². The highest BCUT2D eigenvalue weighted by atomic mass is 35.5. The fourth-order valence-electron chi connectivity index (χ4n) is 3.19. The Bertz CT molecular complexity index is 1090. The number of benzene rings is 2. The van der Waals surface area contributed by atoms with Crippen molar-refractivity contribution in [2.24, 2.45) is 5.92 Å². The SMILES string of the molecule is C[C@H](NC(=O)CSc1nc2ccccc2c(=O)n1-c1ccccc1Cl)C1CC1. The molecule has 0 bridgehead atoms. The number of nitrogens with one attached hydrogen (secondary N) is 1. The van der Waals surface area contributed by atoms with Crippen LogP contribution in [-0.2, 0) is 4.79 Å². The molecule has 1 fully saturated rings. The number of carbonyl (C=O) groups excluding carboxylic acids is 1. The van der Waals surface area contributed by atoms with E-state index in [4.69, 9.17) is 11.6 Å². The molecule has 3 aromatic rings. The molecule has 0 aliphatic heterocycles. The molecule has 0 radical (unpaired) electrons. The van der Waals surface area contributed by atoms with Crippen LogP contribution in [0.3, 0.4) is 0 Å². The van der Waals surface area contributed by atoms with Gasteiger partial charge in [-0.3, -0.25) is 14.2 Å². The van der Waals surface area contributed by atoms with Crippen molar-refractivity contribution in [2.45, 2.75) is 31.0 Å². The first-order valence-corrected chi connectivity index (χ1v) is 10.6. The van der Waals surface area contributed by atoms with E-state index in [9.17, 15) is 9.59 Å². The smallest absolute Gasteiger partial charge is 0.266 e. The number of thioether (sulfide) groups is 1. The summed E-state index contributed by atoms with van der Waals surface area (Å²) >= 11 is 7.59. The first-order valence-electron chi connectivity index (χ1n) is 9.23. The minimum absolute atomic E-state index is 0.0579. The van der Waals surface area contributed by atoms with E-state index < -0.39 is 0 Å². The van der Waals surface area contributed by atoms with Gasteiger partial charge in [0.15, 0.2) is 5.16 Å². The van der Waals surface area contributed by atoms with E-state index in [0.717, 1.165) is 0 Å². The average Bonchev–Trinajstić information content (AvgIpc) is 3.53. The third-order valence-electron chi connectivity index (χ3n) is 4.89. The second kappa shape index (κ2) is 7.97. The number of para-hydroxylation sites is 2. The number of rotatable bonds is 6. The fourth-order valence-corrected chi connectivity index (χ4v) is 4.23. The van der Waals surface area contributed by atoms with Crippen molar-refractivity contribution >= 4 is 40.2 Å². The number of nitrogens with zero attached hydrogens (tertiary/aromatic N) is 2. The lowest BCUT2D eigenvalue weighted by atomic mass is 10.2. The molecular formula is C21H20ClN3O2S. The maximum Gasteiger partial charge on any atom is 0.266 e. The minimum atomic E-state index is -0.201. The second-order valence-corrected chi connectivity index (χ2v) is 8.34. The highest BCUT2D eigenvalue weighted by Crippen LogP contribution is 2.32.